The van der Waals surface area contributed by atoms with Gasteiger partial charge in [-0.3, -0.25) is 4.79 Å². The van der Waals surface area contributed by atoms with E-state index in [9.17, 15) is 13.2 Å². The third kappa shape index (κ3) is 5.70. The highest BCUT2D eigenvalue weighted by atomic mass is 35.5. The Hall–Kier alpha value is -1.02. The summed E-state index contributed by atoms with van der Waals surface area (Å²) in [5.74, 6) is -0.427. The second-order valence-electron chi connectivity index (χ2n) is 5.30. The molecule has 0 fully saturated rings. The lowest BCUT2D eigenvalue weighted by molar-refractivity contribution is 0.0944. The van der Waals surface area contributed by atoms with Crippen LogP contribution in [0.15, 0.2) is 12.1 Å². The minimum absolute atomic E-state index is 0.0963. The highest BCUT2D eigenvalue weighted by molar-refractivity contribution is 7.88. The molecule has 0 aromatic heterocycles. The van der Waals surface area contributed by atoms with Gasteiger partial charge >= 0.3 is 0 Å². The predicted molar refractivity (Wildman–Crippen MR) is 85.3 cm³/mol. The number of sulfonamides is 1. The van der Waals surface area contributed by atoms with Crippen LogP contribution in [0.2, 0.25) is 10.0 Å². The zero-order valence-corrected chi connectivity index (χ0v) is 14.2. The first-order valence-corrected chi connectivity index (χ1v) is 8.58. The van der Waals surface area contributed by atoms with Gasteiger partial charge in [-0.05, 0) is 26.0 Å². The van der Waals surface area contributed by atoms with Crippen molar-refractivity contribution in [3.05, 3.63) is 27.7 Å². The van der Waals surface area contributed by atoms with Crippen LogP contribution in [0.5, 0.6) is 0 Å². The summed E-state index contributed by atoms with van der Waals surface area (Å²) in [6, 6.07) is 2.80. The number of rotatable bonds is 5. The maximum Gasteiger partial charge on any atom is 0.251 e. The molecule has 118 valence electrons. The summed E-state index contributed by atoms with van der Waals surface area (Å²) in [6.45, 7) is 3.40. The number of hydrogen-bond acceptors (Lipinski definition) is 4. The number of nitrogens with one attached hydrogen (secondary N) is 2. The topological polar surface area (TPSA) is 101 Å². The molecule has 9 heteroatoms. The molecule has 0 unspecified atom stereocenters. The van der Waals surface area contributed by atoms with Crippen LogP contribution in [0.1, 0.15) is 24.2 Å². The monoisotopic (exact) mass is 353 g/mol. The Morgan fingerprint density at radius 1 is 1.33 bits per heavy atom. The van der Waals surface area contributed by atoms with Crippen molar-refractivity contribution in [2.75, 3.05) is 18.5 Å². The molecule has 1 aromatic carbocycles. The van der Waals surface area contributed by atoms with Gasteiger partial charge in [0.1, 0.15) is 0 Å². The van der Waals surface area contributed by atoms with Crippen molar-refractivity contribution in [1.82, 2.24) is 10.0 Å². The second-order valence-corrected chi connectivity index (χ2v) is 7.84. The van der Waals surface area contributed by atoms with Crippen LogP contribution in [-0.2, 0) is 10.0 Å². The number of nitrogens with two attached hydrogens (primary N) is 1. The van der Waals surface area contributed by atoms with Crippen molar-refractivity contribution in [2.45, 2.75) is 19.4 Å². The molecule has 1 amide bonds. The van der Waals surface area contributed by atoms with Gasteiger partial charge in [0.2, 0.25) is 10.0 Å². The molecule has 4 N–H and O–H groups in total. The molecule has 0 saturated heterocycles. The highest BCUT2D eigenvalue weighted by Gasteiger charge is 2.23. The number of hydrogen-bond donors (Lipinski definition) is 3. The molecule has 21 heavy (non-hydrogen) atoms. The molecule has 0 atom stereocenters. The van der Waals surface area contributed by atoms with E-state index in [1.807, 2.05) is 0 Å². The average Bonchev–Trinajstić information content (AvgIpc) is 2.29. The molecule has 0 saturated carbocycles. The highest BCUT2D eigenvalue weighted by Crippen LogP contribution is 2.29. The van der Waals surface area contributed by atoms with Gasteiger partial charge in [0.05, 0.1) is 22.0 Å². The predicted octanol–water partition coefficient (Wildman–Crippen LogP) is 1.63. The second kappa shape index (κ2) is 6.39. The zero-order valence-electron chi connectivity index (χ0n) is 11.8. The third-order valence-corrected chi connectivity index (χ3v) is 4.21. The first kappa shape index (κ1) is 18.0. The molecular formula is C12H17Cl2N3O3S. The molecule has 0 bridgehead atoms. The van der Waals surface area contributed by atoms with E-state index in [-0.39, 0.29) is 27.8 Å². The smallest absolute Gasteiger partial charge is 0.251 e. The SMILES string of the molecule is CC(C)(CNC(=O)c1cc(N)c(Cl)c(Cl)c1)NS(C)(=O)=O. The fraction of sp³-hybridized carbons (Fsp3) is 0.417. The number of benzene rings is 1. The maximum atomic E-state index is 12.0. The van der Waals surface area contributed by atoms with E-state index in [1.165, 1.54) is 12.1 Å². The van der Waals surface area contributed by atoms with E-state index >= 15 is 0 Å². The molecule has 0 heterocycles. The average molecular weight is 354 g/mol. The standard InChI is InChI=1S/C12H17Cl2N3O3S/c1-12(2,17-21(3,19)20)6-16-11(18)7-4-8(13)10(14)9(15)5-7/h4-5,17H,6,15H2,1-3H3,(H,16,18). The van der Waals surface area contributed by atoms with E-state index in [2.05, 4.69) is 10.0 Å². The summed E-state index contributed by atoms with van der Waals surface area (Å²) in [5.41, 5.74) is 5.25. The van der Waals surface area contributed by atoms with Crippen molar-refractivity contribution < 1.29 is 13.2 Å². The quantitative estimate of drug-likeness (QED) is 0.700. The fourth-order valence-corrected chi connectivity index (χ4v) is 3.09. The molecular weight excluding hydrogens is 337 g/mol. The Balaban J connectivity index is 2.79. The molecule has 1 rings (SSSR count). The van der Waals surface area contributed by atoms with Crippen molar-refractivity contribution in [3.8, 4) is 0 Å². The summed E-state index contributed by atoms with van der Waals surface area (Å²) in [6.07, 6.45) is 1.05. The maximum absolute atomic E-state index is 12.0. The largest absolute Gasteiger partial charge is 0.397 e. The summed E-state index contributed by atoms with van der Waals surface area (Å²) in [5, 5.41) is 2.98. The Labute approximate surface area is 134 Å². The van der Waals surface area contributed by atoms with Gasteiger partial charge < -0.3 is 11.1 Å². The van der Waals surface area contributed by atoms with Crippen LogP contribution >= 0.6 is 23.2 Å². The van der Waals surface area contributed by atoms with Crippen molar-refractivity contribution >= 4 is 44.8 Å². The van der Waals surface area contributed by atoms with Gasteiger partial charge in [-0.25, -0.2) is 13.1 Å². The minimum atomic E-state index is -3.37. The van der Waals surface area contributed by atoms with Gasteiger partial charge in [0.15, 0.2) is 0 Å². The molecule has 0 aliphatic heterocycles. The number of anilines is 1. The van der Waals surface area contributed by atoms with Crippen LogP contribution in [0.25, 0.3) is 0 Å². The van der Waals surface area contributed by atoms with Crippen LogP contribution in [-0.4, -0.2) is 32.7 Å². The van der Waals surface area contributed by atoms with Crippen molar-refractivity contribution in [3.63, 3.8) is 0 Å². The Bertz CT molecular complexity index is 637. The number of carbonyl (C=O) groups is 1. The lowest BCUT2D eigenvalue weighted by atomic mass is 10.1. The summed E-state index contributed by atoms with van der Waals surface area (Å²) >= 11 is 11.7. The Kier molecular flexibility index (Phi) is 5.49. The number of nitrogen functional groups attached to an aromatic ring is 1. The van der Waals surface area contributed by atoms with Crippen LogP contribution in [0.4, 0.5) is 5.69 Å². The summed E-state index contributed by atoms with van der Waals surface area (Å²) in [7, 11) is -3.37. The van der Waals surface area contributed by atoms with Crippen molar-refractivity contribution in [2.24, 2.45) is 0 Å². The molecule has 0 radical (unpaired) electrons. The lowest BCUT2D eigenvalue weighted by Crippen LogP contribution is -2.51. The molecule has 6 nitrogen and oxygen atoms in total. The fourth-order valence-electron chi connectivity index (χ4n) is 1.68. The van der Waals surface area contributed by atoms with Crippen molar-refractivity contribution in [1.29, 1.82) is 0 Å². The van der Waals surface area contributed by atoms with Crippen LogP contribution in [0.3, 0.4) is 0 Å². The van der Waals surface area contributed by atoms with Gasteiger partial charge in [-0.15, -0.1) is 0 Å². The van der Waals surface area contributed by atoms with Crippen LogP contribution in [0, 0.1) is 0 Å². The normalized spacial score (nSPS) is 12.2. The Morgan fingerprint density at radius 2 is 1.90 bits per heavy atom. The lowest BCUT2D eigenvalue weighted by Gasteiger charge is -2.25. The van der Waals surface area contributed by atoms with Crippen LogP contribution < -0.4 is 15.8 Å². The van der Waals surface area contributed by atoms with E-state index < -0.39 is 21.5 Å². The number of carbonyl (C=O) groups excluding carboxylic acids is 1. The van der Waals surface area contributed by atoms with Gasteiger partial charge in [0, 0.05) is 17.6 Å². The first-order valence-electron chi connectivity index (χ1n) is 5.93. The van der Waals surface area contributed by atoms with Gasteiger partial charge in [-0.1, -0.05) is 23.2 Å². The molecule has 0 aliphatic rings. The van der Waals surface area contributed by atoms with E-state index in [0.29, 0.717) is 0 Å². The zero-order chi connectivity index (χ0) is 16.4. The van der Waals surface area contributed by atoms with Gasteiger partial charge in [-0.2, -0.15) is 0 Å². The molecule has 1 aromatic rings. The summed E-state index contributed by atoms with van der Waals surface area (Å²) in [4.78, 5) is 12.0. The minimum Gasteiger partial charge on any atom is -0.397 e. The number of amides is 1. The number of halogens is 2. The first-order chi connectivity index (χ1) is 9.41. The van der Waals surface area contributed by atoms with Gasteiger partial charge in [0.25, 0.3) is 5.91 Å². The Morgan fingerprint density at radius 3 is 2.38 bits per heavy atom. The third-order valence-electron chi connectivity index (χ3n) is 2.47. The molecule has 0 aliphatic carbocycles. The molecule has 0 spiro atoms. The van der Waals surface area contributed by atoms with E-state index in [1.54, 1.807) is 13.8 Å². The van der Waals surface area contributed by atoms with E-state index in [0.717, 1.165) is 6.26 Å². The summed E-state index contributed by atoms with van der Waals surface area (Å²) < 4.78 is 24.9. The van der Waals surface area contributed by atoms with E-state index in [4.69, 9.17) is 28.9 Å².